The minimum atomic E-state index is -0.996. The standard InChI is InChI=1S/C14H11N3O2/c18-14(19)11-7-4-8-17-12(15-16-13(11)17)9-10-5-2-1-3-6-10/h1-8H,9H2,(H,18,19). The molecule has 0 amide bonds. The molecule has 0 aliphatic carbocycles. The van der Waals surface area contributed by atoms with Crippen molar-refractivity contribution in [1.82, 2.24) is 14.6 Å². The molecule has 0 bridgehead atoms. The number of hydrogen-bond acceptors (Lipinski definition) is 3. The molecule has 5 heteroatoms. The molecule has 1 N–H and O–H groups in total. The Morgan fingerprint density at radius 1 is 1.11 bits per heavy atom. The largest absolute Gasteiger partial charge is 0.478 e. The van der Waals surface area contributed by atoms with Gasteiger partial charge < -0.3 is 5.11 Å². The van der Waals surface area contributed by atoms with E-state index in [2.05, 4.69) is 10.2 Å². The second-order valence-electron chi connectivity index (χ2n) is 4.20. The molecule has 0 atom stereocenters. The van der Waals surface area contributed by atoms with Crippen molar-refractivity contribution in [1.29, 1.82) is 0 Å². The molecule has 0 spiro atoms. The van der Waals surface area contributed by atoms with Gasteiger partial charge in [-0.2, -0.15) is 0 Å². The molecule has 2 aromatic heterocycles. The Balaban J connectivity index is 2.07. The first-order valence-electron chi connectivity index (χ1n) is 5.85. The third-order valence-corrected chi connectivity index (χ3v) is 2.94. The molecule has 5 nitrogen and oxygen atoms in total. The molecule has 0 aliphatic rings. The average Bonchev–Trinajstić information content (AvgIpc) is 2.83. The molecule has 0 unspecified atom stereocenters. The van der Waals surface area contributed by atoms with Crippen molar-refractivity contribution in [3.63, 3.8) is 0 Å². The van der Waals surface area contributed by atoms with Gasteiger partial charge in [-0.15, -0.1) is 10.2 Å². The van der Waals surface area contributed by atoms with E-state index < -0.39 is 5.97 Å². The van der Waals surface area contributed by atoms with Gasteiger partial charge in [0, 0.05) is 12.6 Å². The molecule has 0 aliphatic heterocycles. The first-order chi connectivity index (χ1) is 9.25. The Hall–Kier alpha value is -2.69. The Bertz CT molecular complexity index is 735. The van der Waals surface area contributed by atoms with Crippen molar-refractivity contribution < 1.29 is 9.90 Å². The summed E-state index contributed by atoms with van der Waals surface area (Å²) in [5.41, 5.74) is 1.65. The van der Waals surface area contributed by atoms with Crippen molar-refractivity contribution in [3.05, 3.63) is 65.6 Å². The lowest BCUT2D eigenvalue weighted by molar-refractivity contribution is 0.0698. The summed E-state index contributed by atoms with van der Waals surface area (Å²) in [5.74, 6) is -0.270. The van der Waals surface area contributed by atoms with Gasteiger partial charge in [0.25, 0.3) is 0 Å². The molecule has 3 aromatic rings. The van der Waals surface area contributed by atoms with E-state index in [1.54, 1.807) is 16.7 Å². The first kappa shape index (κ1) is 11.4. The zero-order valence-electron chi connectivity index (χ0n) is 10.0. The second-order valence-corrected chi connectivity index (χ2v) is 4.20. The monoisotopic (exact) mass is 253 g/mol. The molecular formula is C14H11N3O2. The molecule has 0 radical (unpaired) electrons. The zero-order chi connectivity index (χ0) is 13.2. The van der Waals surface area contributed by atoms with Gasteiger partial charge in [0.1, 0.15) is 11.4 Å². The fourth-order valence-electron chi connectivity index (χ4n) is 2.03. The summed E-state index contributed by atoms with van der Waals surface area (Å²) < 4.78 is 1.72. The molecular weight excluding hydrogens is 242 g/mol. The van der Waals surface area contributed by atoms with E-state index in [1.807, 2.05) is 30.3 Å². The van der Waals surface area contributed by atoms with Crippen molar-refractivity contribution in [3.8, 4) is 0 Å². The molecule has 0 saturated heterocycles. The number of fused-ring (bicyclic) bond motifs is 1. The highest BCUT2D eigenvalue weighted by Gasteiger charge is 2.13. The van der Waals surface area contributed by atoms with Crippen LogP contribution in [0.3, 0.4) is 0 Å². The van der Waals surface area contributed by atoms with Gasteiger partial charge in [-0.05, 0) is 17.7 Å². The van der Waals surface area contributed by atoms with E-state index in [4.69, 9.17) is 5.11 Å². The summed E-state index contributed by atoms with van der Waals surface area (Å²) in [4.78, 5) is 11.1. The van der Waals surface area contributed by atoms with Crippen molar-refractivity contribution in [2.75, 3.05) is 0 Å². The molecule has 19 heavy (non-hydrogen) atoms. The van der Waals surface area contributed by atoms with Crippen LogP contribution in [0.1, 0.15) is 21.7 Å². The molecule has 2 heterocycles. The van der Waals surface area contributed by atoms with Crippen LogP contribution < -0.4 is 0 Å². The zero-order valence-corrected chi connectivity index (χ0v) is 10.0. The fraction of sp³-hybridized carbons (Fsp3) is 0.0714. The number of carbonyl (C=O) groups is 1. The van der Waals surface area contributed by atoms with Crippen LogP contribution in [0.2, 0.25) is 0 Å². The van der Waals surface area contributed by atoms with Crippen LogP contribution in [-0.2, 0) is 6.42 Å². The van der Waals surface area contributed by atoms with Gasteiger partial charge >= 0.3 is 5.97 Å². The third kappa shape index (κ3) is 2.06. The number of nitrogens with zero attached hydrogens (tertiary/aromatic N) is 3. The smallest absolute Gasteiger partial charge is 0.339 e. The number of aromatic nitrogens is 3. The quantitative estimate of drug-likeness (QED) is 0.775. The van der Waals surface area contributed by atoms with Crippen LogP contribution in [-0.4, -0.2) is 25.7 Å². The van der Waals surface area contributed by atoms with Crippen LogP contribution in [0.15, 0.2) is 48.7 Å². The molecule has 0 saturated carbocycles. The van der Waals surface area contributed by atoms with Crippen LogP contribution in [0.4, 0.5) is 0 Å². The van der Waals surface area contributed by atoms with Gasteiger partial charge in [-0.1, -0.05) is 30.3 Å². The molecule has 1 aromatic carbocycles. The van der Waals surface area contributed by atoms with E-state index in [0.717, 1.165) is 11.4 Å². The SMILES string of the molecule is O=C(O)c1cccn2c(Cc3ccccc3)nnc12. The highest BCUT2D eigenvalue weighted by Crippen LogP contribution is 2.13. The van der Waals surface area contributed by atoms with Gasteiger partial charge in [0.15, 0.2) is 5.65 Å². The maximum Gasteiger partial charge on any atom is 0.339 e. The first-order valence-corrected chi connectivity index (χ1v) is 5.85. The summed E-state index contributed by atoms with van der Waals surface area (Å²) in [5, 5.41) is 17.2. The normalized spacial score (nSPS) is 10.7. The van der Waals surface area contributed by atoms with E-state index in [0.29, 0.717) is 12.1 Å². The number of hydrogen-bond donors (Lipinski definition) is 1. The predicted octanol–water partition coefficient (Wildman–Crippen LogP) is 2.02. The van der Waals surface area contributed by atoms with E-state index in [-0.39, 0.29) is 5.56 Å². The topological polar surface area (TPSA) is 67.5 Å². The molecule has 3 rings (SSSR count). The Morgan fingerprint density at radius 3 is 2.63 bits per heavy atom. The van der Waals surface area contributed by atoms with Gasteiger partial charge in [-0.3, -0.25) is 4.40 Å². The summed E-state index contributed by atoms with van der Waals surface area (Å²) in [6, 6.07) is 13.1. The van der Waals surface area contributed by atoms with Crippen LogP contribution in [0, 0.1) is 0 Å². The average molecular weight is 253 g/mol. The second kappa shape index (κ2) is 4.53. The minimum absolute atomic E-state index is 0.161. The summed E-state index contributed by atoms with van der Waals surface area (Å²) in [6.07, 6.45) is 2.39. The Kier molecular flexibility index (Phi) is 2.72. The Morgan fingerprint density at radius 2 is 1.89 bits per heavy atom. The number of pyridine rings is 1. The summed E-state index contributed by atoms with van der Waals surface area (Å²) in [6.45, 7) is 0. The number of carboxylic acids is 1. The maximum atomic E-state index is 11.1. The summed E-state index contributed by atoms with van der Waals surface area (Å²) in [7, 11) is 0. The van der Waals surface area contributed by atoms with E-state index >= 15 is 0 Å². The number of carboxylic acid groups (broad SMARTS) is 1. The molecule has 0 fully saturated rings. The van der Waals surface area contributed by atoms with E-state index in [9.17, 15) is 4.79 Å². The molecule has 94 valence electrons. The fourth-order valence-corrected chi connectivity index (χ4v) is 2.03. The Labute approximate surface area is 109 Å². The van der Waals surface area contributed by atoms with Crippen molar-refractivity contribution in [2.45, 2.75) is 6.42 Å². The van der Waals surface area contributed by atoms with E-state index in [1.165, 1.54) is 6.07 Å². The lowest BCUT2D eigenvalue weighted by atomic mass is 10.1. The summed E-state index contributed by atoms with van der Waals surface area (Å²) >= 11 is 0. The lowest BCUT2D eigenvalue weighted by Crippen LogP contribution is -2.02. The van der Waals surface area contributed by atoms with Gasteiger partial charge in [0.05, 0.1) is 0 Å². The van der Waals surface area contributed by atoms with Gasteiger partial charge in [-0.25, -0.2) is 4.79 Å². The van der Waals surface area contributed by atoms with Crippen LogP contribution >= 0.6 is 0 Å². The lowest BCUT2D eigenvalue weighted by Gasteiger charge is -2.01. The maximum absolute atomic E-state index is 11.1. The van der Waals surface area contributed by atoms with Crippen LogP contribution in [0.25, 0.3) is 5.65 Å². The minimum Gasteiger partial charge on any atom is -0.478 e. The predicted molar refractivity (Wildman–Crippen MR) is 69.2 cm³/mol. The van der Waals surface area contributed by atoms with Crippen LogP contribution in [0.5, 0.6) is 0 Å². The number of benzene rings is 1. The number of rotatable bonds is 3. The highest BCUT2D eigenvalue weighted by molar-refractivity contribution is 5.94. The number of aromatic carboxylic acids is 1. The highest BCUT2D eigenvalue weighted by atomic mass is 16.4. The van der Waals surface area contributed by atoms with Crippen molar-refractivity contribution >= 4 is 11.6 Å². The van der Waals surface area contributed by atoms with Gasteiger partial charge in [0.2, 0.25) is 0 Å². The third-order valence-electron chi connectivity index (χ3n) is 2.94. The van der Waals surface area contributed by atoms with Crippen molar-refractivity contribution in [2.24, 2.45) is 0 Å².